The van der Waals surface area contributed by atoms with Gasteiger partial charge in [-0.3, -0.25) is 14.4 Å². The molecule has 3 unspecified atom stereocenters. The fourth-order valence-electron chi connectivity index (χ4n) is 10.0. The Morgan fingerprint density at radius 3 is 1.33 bits per heavy atom. The first-order chi connectivity index (χ1) is 39.1. The van der Waals surface area contributed by atoms with Crippen LogP contribution in [0.5, 0.6) is 0 Å². The van der Waals surface area contributed by atoms with Gasteiger partial charge in [0.25, 0.3) is 11.1 Å². The van der Waals surface area contributed by atoms with Gasteiger partial charge in [0.2, 0.25) is 0 Å². The maximum atomic E-state index is 14.2. The number of rotatable bonds is 14. The number of halogens is 8. The van der Waals surface area contributed by atoms with Crippen LogP contribution < -0.4 is 11.1 Å². The lowest BCUT2D eigenvalue weighted by molar-refractivity contribution is 0.103. The van der Waals surface area contributed by atoms with E-state index in [0.29, 0.717) is 27.8 Å². The normalized spacial score (nSPS) is 12.4. The average molecular weight is 1120 g/mol. The van der Waals surface area contributed by atoms with E-state index < -0.39 is 81.6 Å². The van der Waals surface area contributed by atoms with Crippen molar-refractivity contribution in [1.82, 2.24) is 28.2 Å². The van der Waals surface area contributed by atoms with Crippen molar-refractivity contribution < 1.29 is 45.0 Å². The van der Waals surface area contributed by atoms with Crippen LogP contribution in [0.15, 0.2) is 168 Å². The standard InChI is InChI=1S/C32H27F4N3O2.C32H25F4N3O2/c2*1-4-28(22-13-26(34)30(36)27(35)14-22)39-16-23(20-5-8-24(33)9-6-20)12-25(32(39)41)31(40)21-7-10-29(18(2)11-21)38-15-19(3)37-17-38/h5-17,28,31,40H,4H2,1-3H3;5-17,28H,4H2,1-3H3. The third-order valence-electron chi connectivity index (χ3n) is 14.2. The number of aliphatic hydroxyl groups is 1. The first-order valence-electron chi connectivity index (χ1n) is 25.9. The van der Waals surface area contributed by atoms with E-state index in [4.69, 9.17) is 0 Å². The van der Waals surface area contributed by atoms with Gasteiger partial charge in [-0.15, -0.1) is 0 Å². The van der Waals surface area contributed by atoms with Crippen molar-refractivity contribution in [3.05, 3.63) is 282 Å². The van der Waals surface area contributed by atoms with E-state index in [1.165, 1.54) is 82.2 Å². The first kappa shape index (κ1) is 57.4. The Hall–Kier alpha value is -9.29. The van der Waals surface area contributed by atoms with Crippen molar-refractivity contribution in [3.8, 4) is 33.6 Å². The number of nitrogens with zero attached hydrogens (tertiary/aromatic N) is 6. The number of carbonyl (C=O) groups excluding carboxylic acids is 1. The summed E-state index contributed by atoms with van der Waals surface area (Å²) in [5.41, 5.74) is 6.24. The summed E-state index contributed by atoms with van der Waals surface area (Å²) in [5.74, 6) is -10.2. The highest BCUT2D eigenvalue weighted by Crippen LogP contribution is 2.33. The fraction of sp³-hybridized carbons (Fsp3) is 0.172. The minimum Gasteiger partial charge on any atom is -0.383 e. The molecule has 0 aliphatic rings. The van der Waals surface area contributed by atoms with Crippen LogP contribution >= 0.6 is 0 Å². The van der Waals surface area contributed by atoms with E-state index in [9.17, 15) is 54.6 Å². The van der Waals surface area contributed by atoms with Gasteiger partial charge >= 0.3 is 0 Å². The van der Waals surface area contributed by atoms with Crippen molar-refractivity contribution >= 4 is 5.78 Å². The number of pyridine rings is 2. The molecule has 0 saturated heterocycles. The van der Waals surface area contributed by atoms with Crippen LogP contribution in [0.4, 0.5) is 35.1 Å². The zero-order chi connectivity index (χ0) is 58.8. The first-order valence-corrected chi connectivity index (χ1v) is 25.9. The summed E-state index contributed by atoms with van der Waals surface area (Å²) in [4.78, 5) is 50.0. The number of carbonyl (C=O) groups is 1. The van der Waals surface area contributed by atoms with Gasteiger partial charge in [0.1, 0.15) is 17.7 Å². The molecule has 82 heavy (non-hydrogen) atoms. The molecule has 0 spiro atoms. The molecule has 0 aliphatic heterocycles. The third-order valence-corrected chi connectivity index (χ3v) is 14.2. The molecule has 0 radical (unpaired) electrons. The maximum Gasteiger partial charge on any atom is 0.262 e. The minimum atomic E-state index is -1.61. The quantitative estimate of drug-likeness (QED) is 0.0658. The van der Waals surface area contributed by atoms with E-state index in [1.807, 2.05) is 55.3 Å². The third kappa shape index (κ3) is 11.8. The smallest absolute Gasteiger partial charge is 0.262 e. The van der Waals surface area contributed by atoms with Gasteiger partial charge in [-0.05, 0) is 176 Å². The number of hydrogen-bond acceptors (Lipinski definition) is 6. The zero-order valence-corrected chi connectivity index (χ0v) is 45.0. The summed E-state index contributed by atoms with van der Waals surface area (Å²) in [5, 5.41) is 11.5. The fourth-order valence-corrected chi connectivity index (χ4v) is 10.0. The molecule has 10 nitrogen and oxygen atoms in total. The van der Waals surface area contributed by atoms with E-state index in [1.54, 1.807) is 56.8 Å². The minimum absolute atomic E-state index is 0.0129. The molecule has 10 aromatic rings. The number of aromatic nitrogens is 6. The van der Waals surface area contributed by atoms with Crippen LogP contribution in [0.25, 0.3) is 33.6 Å². The monoisotopic (exact) mass is 1120 g/mol. The molecule has 0 aliphatic carbocycles. The van der Waals surface area contributed by atoms with Gasteiger partial charge in [-0.25, -0.2) is 45.1 Å². The van der Waals surface area contributed by atoms with Gasteiger partial charge in [-0.2, -0.15) is 0 Å². The molecule has 3 atom stereocenters. The molecule has 4 aromatic heterocycles. The van der Waals surface area contributed by atoms with Gasteiger partial charge < -0.3 is 23.4 Å². The van der Waals surface area contributed by atoms with Crippen LogP contribution in [0.1, 0.15) is 106 Å². The van der Waals surface area contributed by atoms with Crippen molar-refractivity contribution in [2.45, 2.75) is 72.6 Å². The van der Waals surface area contributed by atoms with E-state index in [2.05, 4.69) is 9.97 Å². The average Bonchev–Trinajstić information content (AvgIpc) is 3.99. The summed E-state index contributed by atoms with van der Waals surface area (Å²) in [6, 6.07) is 25.9. The molecule has 0 fully saturated rings. The van der Waals surface area contributed by atoms with Crippen LogP contribution in [0, 0.1) is 74.2 Å². The molecule has 18 heteroatoms. The summed E-state index contributed by atoms with van der Waals surface area (Å²) < 4.78 is 118. The SMILES string of the molecule is CCC(c1cc(F)c(F)c(F)c1)n1cc(-c2ccc(F)cc2)cc(C(=O)c2ccc(-n3cnc(C)c3)c(C)c2)c1=O.CCC(c1cc(F)c(F)c(F)c1)n1cc(-c2ccc(F)cc2)cc(C(O)c2ccc(-n3cnc(C)c3)c(C)c2)c1=O. The molecule has 6 aromatic carbocycles. The lowest BCUT2D eigenvalue weighted by Gasteiger charge is -2.23. The molecule has 10 rings (SSSR count). The van der Waals surface area contributed by atoms with Gasteiger partial charge in [0, 0.05) is 41.7 Å². The highest BCUT2D eigenvalue weighted by Gasteiger charge is 2.27. The number of hydrogen-bond donors (Lipinski definition) is 1. The van der Waals surface area contributed by atoms with Gasteiger partial charge in [0.15, 0.2) is 40.7 Å². The Morgan fingerprint density at radius 2 is 0.915 bits per heavy atom. The summed E-state index contributed by atoms with van der Waals surface area (Å²) in [6.07, 6.45) is 9.08. The molecule has 1 N–H and O–H groups in total. The topological polar surface area (TPSA) is 117 Å². The summed E-state index contributed by atoms with van der Waals surface area (Å²) >= 11 is 0. The maximum absolute atomic E-state index is 14.2. The number of imidazole rings is 2. The number of aryl methyl sites for hydroxylation is 4. The Bertz CT molecular complexity index is 4120. The van der Waals surface area contributed by atoms with Crippen LogP contribution in [0.2, 0.25) is 0 Å². The molecule has 0 bridgehead atoms. The predicted octanol–water partition coefficient (Wildman–Crippen LogP) is 14.1. The Labute approximate surface area is 465 Å². The van der Waals surface area contributed by atoms with E-state index in [-0.39, 0.29) is 40.7 Å². The van der Waals surface area contributed by atoms with Crippen molar-refractivity contribution in [2.24, 2.45) is 0 Å². The highest BCUT2D eigenvalue weighted by atomic mass is 19.2. The largest absolute Gasteiger partial charge is 0.383 e. The number of benzene rings is 6. The van der Waals surface area contributed by atoms with Crippen LogP contribution in [-0.2, 0) is 0 Å². The lowest BCUT2D eigenvalue weighted by Crippen LogP contribution is -2.30. The number of ketones is 1. The molecule has 4 heterocycles. The zero-order valence-electron chi connectivity index (χ0n) is 45.0. The van der Waals surface area contributed by atoms with Crippen molar-refractivity contribution in [2.75, 3.05) is 0 Å². The van der Waals surface area contributed by atoms with Gasteiger partial charge in [0.05, 0.1) is 47.3 Å². The molecular weight excluding hydrogens is 1070 g/mol. The van der Waals surface area contributed by atoms with Crippen LogP contribution in [-0.4, -0.2) is 39.1 Å². The Balaban J connectivity index is 0.000000198. The molecule has 0 saturated carbocycles. The van der Waals surface area contributed by atoms with E-state index in [0.717, 1.165) is 58.2 Å². The lowest BCUT2D eigenvalue weighted by atomic mass is 9.96. The Morgan fingerprint density at radius 1 is 0.488 bits per heavy atom. The second kappa shape index (κ2) is 23.8. The second-order valence-electron chi connectivity index (χ2n) is 19.8. The van der Waals surface area contributed by atoms with Gasteiger partial charge in [-0.1, -0.05) is 50.2 Å². The molecular formula is C64H52F8N6O4. The highest BCUT2D eigenvalue weighted by molar-refractivity contribution is 6.09. The summed E-state index contributed by atoms with van der Waals surface area (Å²) in [6.45, 7) is 10.9. The molecule has 418 valence electrons. The second-order valence-corrected chi connectivity index (χ2v) is 19.8. The molecule has 0 amide bonds. The van der Waals surface area contributed by atoms with Crippen molar-refractivity contribution in [1.29, 1.82) is 0 Å². The van der Waals surface area contributed by atoms with Crippen molar-refractivity contribution in [3.63, 3.8) is 0 Å². The Kier molecular flexibility index (Phi) is 16.7. The summed E-state index contributed by atoms with van der Waals surface area (Å²) in [7, 11) is 0. The van der Waals surface area contributed by atoms with Crippen LogP contribution in [0.3, 0.4) is 0 Å². The predicted molar refractivity (Wildman–Crippen MR) is 295 cm³/mol. The number of aliphatic hydroxyl groups excluding tert-OH is 1. The van der Waals surface area contributed by atoms with E-state index >= 15 is 0 Å².